The number of nitrogens with zero attached hydrogens (tertiary/aromatic N) is 1. The number of nitrogens with one attached hydrogen (secondary N) is 1. The van der Waals surface area contributed by atoms with Crippen LogP contribution in [-0.4, -0.2) is 18.7 Å². The molecule has 3 rings (SSSR count). The Bertz CT molecular complexity index is 756. The van der Waals surface area contributed by atoms with Crippen LogP contribution in [0.2, 0.25) is 0 Å². The molecule has 3 atom stereocenters. The minimum absolute atomic E-state index is 0.0939. The van der Waals surface area contributed by atoms with E-state index in [1.165, 1.54) is 0 Å². The molecule has 0 saturated carbocycles. The summed E-state index contributed by atoms with van der Waals surface area (Å²) in [7, 11) is 1.63. The molecule has 1 aliphatic rings. The van der Waals surface area contributed by atoms with Crippen molar-refractivity contribution >= 4 is 11.6 Å². The first-order valence-corrected chi connectivity index (χ1v) is 8.33. The monoisotopic (exact) mass is 338 g/mol. The summed E-state index contributed by atoms with van der Waals surface area (Å²) >= 11 is 0. The molecule has 25 heavy (non-hydrogen) atoms. The molecular weight excluding hydrogens is 316 g/mol. The van der Waals surface area contributed by atoms with Gasteiger partial charge in [0.15, 0.2) is 11.8 Å². The number of carbonyl (C=O) groups excluding carboxylic acids is 1. The molecule has 5 nitrogen and oxygen atoms in total. The summed E-state index contributed by atoms with van der Waals surface area (Å²) in [5, 5.41) is 7.03. The summed E-state index contributed by atoms with van der Waals surface area (Å²) in [5.41, 5.74) is 2.44. The Hall–Kier alpha value is -2.82. The van der Waals surface area contributed by atoms with Gasteiger partial charge in [-0.15, -0.1) is 0 Å². The molecule has 2 aromatic carbocycles. The quantitative estimate of drug-likeness (QED) is 0.905. The molecule has 1 amide bonds. The van der Waals surface area contributed by atoms with Crippen LogP contribution in [0.4, 0.5) is 0 Å². The highest BCUT2D eigenvalue weighted by atomic mass is 16.6. The van der Waals surface area contributed by atoms with E-state index in [9.17, 15) is 4.79 Å². The summed E-state index contributed by atoms with van der Waals surface area (Å²) in [6.45, 7) is 3.91. The van der Waals surface area contributed by atoms with E-state index in [1.54, 1.807) is 7.11 Å². The van der Waals surface area contributed by atoms with Crippen LogP contribution >= 0.6 is 0 Å². The Morgan fingerprint density at radius 3 is 2.48 bits per heavy atom. The zero-order chi connectivity index (χ0) is 17.8. The number of methoxy groups -OCH3 is 1. The van der Waals surface area contributed by atoms with Crippen LogP contribution in [0.15, 0.2) is 59.8 Å². The molecule has 1 heterocycles. The summed E-state index contributed by atoms with van der Waals surface area (Å²) in [4.78, 5) is 18.1. The highest BCUT2D eigenvalue weighted by Crippen LogP contribution is 2.33. The molecule has 0 radical (unpaired) electrons. The van der Waals surface area contributed by atoms with Gasteiger partial charge >= 0.3 is 0 Å². The summed E-state index contributed by atoms with van der Waals surface area (Å²) < 4.78 is 5.17. The van der Waals surface area contributed by atoms with Crippen LogP contribution in [0.25, 0.3) is 0 Å². The minimum atomic E-state index is -0.265. The fraction of sp³-hybridized carbons (Fsp3) is 0.300. The van der Waals surface area contributed by atoms with E-state index >= 15 is 0 Å². The Kier molecular flexibility index (Phi) is 5.03. The third kappa shape index (κ3) is 3.65. The average Bonchev–Trinajstić information content (AvgIpc) is 3.04. The second-order valence-corrected chi connectivity index (χ2v) is 6.17. The molecule has 0 aromatic heterocycles. The number of benzene rings is 2. The van der Waals surface area contributed by atoms with E-state index in [2.05, 4.69) is 10.5 Å². The van der Waals surface area contributed by atoms with Crippen LogP contribution in [0.1, 0.15) is 37.1 Å². The summed E-state index contributed by atoms with van der Waals surface area (Å²) in [6, 6.07) is 17.4. The van der Waals surface area contributed by atoms with E-state index < -0.39 is 0 Å². The number of amides is 1. The second-order valence-electron chi connectivity index (χ2n) is 6.17. The van der Waals surface area contributed by atoms with Gasteiger partial charge in [-0.2, -0.15) is 0 Å². The largest absolute Gasteiger partial charge is 0.497 e. The number of ether oxygens (including phenoxy) is 1. The second kappa shape index (κ2) is 7.38. The number of hydrogen-bond acceptors (Lipinski definition) is 4. The normalized spacial score (nSPS) is 20.4. The number of carbonyl (C=O) groups is 1. The molecule has 5 heteroatoms. The fourth-order valence-corrected chi connectivity index (χ4v) is 2.92. The molecule has 2 aromatic rings. The summed E-state index contributed by atoms with van der Waals surface area (Å²) in [5.74, 6) is 0.459. The lowest BCUT2D eigenvalue weighted by atomic mass is 9.93. The van der Waals surface area contributed by atoms with Gasteiger partial charge in [0.1, 0.15) is 5.75 Å². The van der Waals surface area contributed by atoms with E-state index in [0.717, 1.165) is 16.9 Å². The smallest absolute Gasteiger partial charge is 0.269 e. The van der Waals surface area contributed by atoms with Crippen molar-refractivity contribution in [2.75, 3.05) is 7.11 Å². The van der Waals surface area contributed by atoms with Crippen LogP contribution in [0.3, 0.4) is 0 Å². The molecule has 0 spiro atoms. The zero-order valence-electron chi connectivity index (χ0n) is 14.6. The maximum Gasteiger partial charge on any atom is 0.269 e. The molecule has 0 aliphatic carbocycles. The first kappa shape index (κ1) is 17.0. The van der Waals surface area contributed by atoms with E-state index in [4.69, 9.17) is 9.57 Å². The van der Waals surface area contributed by atoms with E-state index in [1.807, 2.05) is 68.4 Å². The number of hydrogen-bond donors (Lipinski definition) is 1. The molecule has 0 fully saturated rings. The van der Waals surface area contributed by atoms with Crippen molar-refractivity contribution in [3.05, 3.63) is 65.7 Å². The predicted octanol–water partition coefficient (Wildman–Crippen LogP) is 3.64. The van der Waals surface area contributed by atoms with Gasteiger partial charge in [0.2, 0.25) is 0 Å². The first-order valence-electron chi connectivity index (χ1n) is 8.33. The number of oxime groups is 1. The third-order valence-corrected chi connectivity index (χ3v) is 4.47. The molecule has 130 valence electrons. The Morgan fingerprint density at radius 1 is 1.16 bits per heavy atom. The Morgan fingerprint density at radius 2 is 1.84 bits per heavy atom. The zero-order valence-corrected chi connectivity index (χ0v) is 14.6. The standard InChI is InChI=1S/C20H22N2O3/c1-13-18(20(23)21-14(2)15-7-5-4-6-8-15)22-25-19(13)16-9-11-17(24-3)12-10-16/h4-14,19H,1-3H3,(H,21,23)/t13-,14+,19-/m0/s1. The highest BCUT2D eigenvalue weighted by molar-refractivity contribution is 6.40. The van der Waals surface area contributed by atoms with Gasteiger partial charge in [0.05, 0.1) is 19.1 Å². The minimum Gasteiger partial charge on any atom is -0.497 e. The maximum absolute atomic E-state index is 12.6. The molecule has 0 bridgehead atoms. The lowest BCUT2D eigenvalue weighted by Gasteiger charge is -2.17. The molecule has 1 aliphatic heterocycles. The summed E-state index contributed by atoms with van der Waals surface area (Å²) in [6.07, 6.45) is -0.265. The van der Waals surface area contributed by atoms with Crippen LogP contribution < -0.4 is 10.1 Å². The fourth-order valence-electron chi connectivity index (χ4n) is 2.92. The van der Waals surface area contributed by atoms with Gasteiger partial charge in [-0.25, -0.2) is 0 Å². The molecule has 0 saturated heterocycles. The highest BCUT2D eigenvalue weighted by Gasteiger charge is 2.36. The van der Waals surface area contributed by atoms with Crippen molar-refractivity contribution < 1.29 is 14.4 Å². The lowest BCUT2D eigenvalue weighted by molar-refractivity contribution is -0.115. The van der Waals surface area contributed by atoms with Gasteiger partial charge in [-0.1, -0.05) is 54.5 Å². The van der Waals surface area contributed by atoms with E-state index in [-0.39, 0.29) is 24.0 Å². The lowest BCUT2D eigenvalue weighted by Crippen LogP contribution is -2.35. The topological polar surface area (TPSA) is 59.9 Å². The average molecular weight is 338 g/mol. The van der Waals surface area contributed by atoms with Crippen molar-refractivity contribution in [1.82, 2.24) is 5.32 Å². The van der Waals surface area contributed by atoms with Crippen molar-refractivity contribution in [2.24, 2.45) is 11.1 Å². The molecule has 0 unspecified atom stereocenters. The predicted molar refractivity (Wildman–Crippen MR) is 96.4 cm³/mol. The van der Waals surface area contributed by atoms with Crippen LogP contribution in [0, 0.1) is 5.92 Å². The number of rotatable bonds is 5. The SMILES string of the molecule is COc1ccc([C@H]2ON=C(C(=O)N[C@H](C)c3ccccc3)[C@@H]2C)cc1. The van der Waals surface area contributed by atoms with Crippen molar-refractivity contribution in [3.8, 4) is 5.75 Å². The maximum atomic E-state index is 12.6. The van der Waals surface area contributed by atoms with Gasteiger partial charge in [0, 0.05) is 0 Å². The van der Waals surface area contributed by atoms with E-state index in [0.29, 0.717) is 5.71 Å². The van der Waals surface area contributed by atoms with Gasteiger partial charge in [-0.3, -0.25) is 4.79 Å². The van der Waals surface area contributed by atoms with Crippen molar-refractivity contribution in [2.45, 2.75) is 26.0 Å². The van der Waals surface area contributed by atoms with Crippen LogP contribution in [-0.2, 0) is 9.63 Å². The first-order chi connectivity index (χ1) is 12.1. The molecule has 1 N–H and O–H groups in total. The van der Waals surface area contributed by atoms with Gasteiger partial charge in [0.25, 0.3) is 5.91 Å². The van der Waals surface area contributed by atoms with Crippen molar-refractivity contribution in [3.63, 3.8) is 0 Å². The van der Waals surface area contributed by atoms with Gasteiger partial charge in [-0.05, 0) is 30.2 Å². The third-order valence-electron chi connectivity index (χ3n) is 4.47. The molecular formula is C20H22N2O3. The Balaban J connectivity index is 1.66. The van der Waals surface area contributed by atoms with Crippen LogP contribution in [0.5, 0.6) is 5.75 Å². The van der Waals surface area contributed by atoms with Gasteiger partial charge < -0.3 is 14.9 Å². The Labute approximate surface area is 147 Å². The van der Waals surface area contributed by atoms with Crippen molar-refractivity contribution in [1.29, 1.82) is 0 Å².